The largest absolute Gasteiger partial charge is 0.487 e. The van der Waals surface area contributed by atoms with E-state index in [0.717, 1.165) is 6.07 Å². The molecule has 3 aromatic rings. The van der Waals surface area contributed by atoms with E-state index in [0.29, 0.717) is 23.2 Å². The Morgan fingerprint density at radius 1 is 1.03 bits per heavy atom. The molecule has 150 valence electrons. The number of anilines is 1. The first-order valence-corrected chi connectivity index (χ1v) is 8.85. The van der Waals surface area contributed by atoms with E-state index in [9.17, 15) is 18.0 Å². The summed E-state index contributed by atoms with van der Waals surface area (Å²) in [5.41, 5.74) is 0.107. The Hall–Kier alpha value is -2.84. The summed E-state index contributed by atoms with van der Waals surface area (Å²) < 4.78 is 43.4. The molecule has 0 spiro atoms. The number of alkyl halides is 3. The highest BCUT2D eigenvalue weighted by Crippen LogP contribution is 2.31. The number of carbonyl (C=O) groups excluding carboxylic acids is 1. The second kappa shape index (κ2) is 8.67. The average molecular weight is 442 g/mol. The quantitative estimate of drug-likeness (QED) is 0.520. The molecule has 0 bridgehead atoms. The van der Waals surface area contributed by atoms with E-state index < -0.39 is 11.7 Å². The third-order valence-electron chi connectivity index (χ3n) is 3.72. The predicted molar refractivity (Wildman–Crippen MR) is 102 cm³/mol. The summed E-state index contributed by atoms with van der Waals surface area (Å²) in [4.78, 5) is 19.7. The number of amides is 1. The molecule has 10 heteroatoms. The Bertz CT molecular complexity index is 1010. The first-order valence-electron chi connectivity index (χ1n) is 8.10. The van der Waals surface area contributed by atoms with Gasteiger partial charge in [-0.2, -0.15) is 13.2 Å². The fourth-order valence-electron chi connectivity index (χ4n) is 2.23. The van der Waals surface area contributed by atoms with Crippen LogP contribution in [0.1, 0.15) is 21.6 Å². The number of benzene rings is 1. The van der Waals surface area contributed by atoms with E-state index in [1.807, 2.05) is 0 Å². The highest BCUT2D eigenvalue weighted by Gasteiger charge is 2.31. The highest BCUT2D eigenvalue weighted by atomic mass is 35.5. The van der Waals surface area contributed by atoms with Crippen molar-refractivity contribution in [3.05, 3.63) is 81.9 Å². The van der Waals surface area contributed by atoms with Gasteiger partial charge in [0.25, 0.3) is 5.91 Å². The van der Waals surface area contributed by atoms with Gasteiger partial charge in [0.1, 0.15) is 17.5 Å². The van der Waals surface area contributed by atoms with E-state index in [4.69, 9.17) is 27.9 Å². The van der Waals surface area contributed by atoms with Crippen molar-refractivity contribution >= 4 is 34.8 Å². The van der Waals surface area contributed by atoms with Crippen LogP contribution >= 0.6 is 23.2 Å². The molecule has 0 aliphatic rings. The second-order valence-corrected chi connectivity index (χ2v) is 6.58. The van der Waals surface area contributed by atoms with E-state index in [-0.39, 0.29) is 28.4 Å². The van der Waals surface area contributed by atoms with Crippen LogP contribution in [0.15, 0.2) is 54.9 Å². The molecule has 1 amide bonds. The summed E-state index contributed by atoms with van der Waals surface area (Å²) in [5, 5.41) is 2.83. The van der Waals surface area contributed by atoms with Crippen molar-refractivity contribution < 1.29 is 22.7 Å². The normalized spacial score (nSPS) is 11.2. The van der Waals surface area contributed by atoms with E-state index in [2.05, 4.69) is 15.3 Å². The standard InChI is InChI=1S/C19H12Cl2F3N3O2/c20-15-7-12(19(22,23)24)9-25-16(15)10-29-14-4-2-13(3-5-14)27-18(28)11-1-6-17(21)26-8-11/h1-9H,10H2,(H,27,28). The first-order chi connectivity index (χ1) is 13.7. The molecule has 2 aromatic heterocycles. The van der Waals surface area contributed by atoms with Crippen LogP contribution in [0.25, 0.3) is 0 Å². The van der Waals surface area contributed by atoms with Crippen LogP contribution < -0.4 is 10.1 Å². The maximum Gasteiger partial charge on any atom is 0.417 e. The molecule has 0 radical (unpaired) electrons. The lowest BCUT2D eigenvalue weighted by atomic mass is 10.2. The molecule has 29 heavy (non-hydrogen) atoms. The highest BCUT2D eigenvalue weighted by molar-refractivity contribution is 6.31. The molecule has 0 saturated carbocycles. The number of pyridine rings is 2. The van der Waals surface area contributed by atoms with E-state index in [1.54, 1.807) is 30.3 Å². The van der Waals surface area contributed by atoms with Crippen molar-refractivity contribution in [2.24, 2.45) is 0 Å². The number of hydrogen-bond acceptors (Lipinski definition) is 4. The van der Waals surface area contributed by atoms with Gasteiger partial charge in [-0.1, -0.05) is 23.2 Å². The third-order valence-corrected chi connectivity index (χ3v) is 4.27. The molecule has 0 unspecified atom stereocenters. The molecule has 0 aliphatic carbocycles. The molecule has 0 aliphatic heterocycles. The molecular weight excluding hydrogens is 430 g/mol. The Morgan fingerprint density at radius 3 is 2.34 bits per heavy atom. The zero-order valence-corrected chi connectivity index (χ0v) is 16.0. The van der Waals surface area contributed by atoms with Gasteiger partial charge in [0.15, 0.2) is 0 Å². The van der Waals surface area contributed by atoms with E-state index >= 15 is 0 Å². The van der Waals surface area contributed by atoms with Crippen molar-refractivity contribution in [1.82, 2.24) is 9.97 Å². The molecule has 0 atom stereocenters. The smallest absolute Gasteiger partial charge is 0.417 e. The minimum atomic E-state index is -4.52. The number of carbonyl (C=O) groups is 1. The third kappa shape index (κ3) is 5.58. The Kier molecular flexibility index (Phi) is 6.24. The van der Waals surface area contributed by atoms with Crippen LogP contribution in [-0.2, 0) is 12.8 Å². The fourth-order valence-corrected chi connectivity index (χ4v) is 2.56. The van der Waals surface area contributed by atoms with Gasteiger partial charge in [0.05, 0.1) is 21.8 Å². The van der Waals surface area contributed by atoms with Gasteiger partial charge < -0.3 is 10.1 Å². The van der Waals surface area contributed by atoms with Crippen molar-refractivity contribution in [2.75, 3.05) is 5.32 Å². The number of ether oxygens (including phenoxy) is 1. The lowest BCUT2D eigenvalue weighted by Gasteiger charge is -2.11. The Balaban J connectivity index is 1.59. The maximum atomic E-state index is 12.6. The van der Waals surface area contributed by atoms with Gasteiger partial charge in [-0.25, -0.2) is 4.98 Å². The number of nitrogens with zero attached hydrogens (tertiary/aromatic N) is 2. The van der Waals surface area contributed by atoms with Crippen molar-refractivity contribution in [2.45, 2.75) is 12.8 Å². The van der Waals surface area contributed by atoms with Crippen LogP contribution in [-0.4, -0.2) is 15.9 Å². The Labute approximate surface area is 173 Å². The van der Waals surface area contributed by atoms with Crippen LogP contribution in [0.4, 0.5) is 18.9 Å². The van der Waals surface area contributed by atoms with E-state index in [1.165, 1.54) is 12.3 Å². The predicted octanol–water partition coefficient (Wildman–Crippen LogP) is 5.63. The van der Waals surface area contributed by atoms with Crippen LogP contribution in [0.2, 0.25) is 10.2 Å². The molecular formula is C19H12Cl2F3N3O2. The number of rotatable bonds is 5. The molecule has 3 rings (SSSR count). The SMILES string of the molecule is O=C(Nc1ccc(OCc2ncc(C(F)(F)F)cc2Cl)cc1)c1ccc(Cl)nc1. The maximum absolute atomic E-state index is 12.6. The van der Waals surface area contributed by atoms with Gasteiger partial charge in [0.2, 0.25) is 0 Å². The minimum absolute atomic E-state index is 0.112. The molecule has 0 fully saturated rings. The second-order valence-electron chi connectivity index (χ2n) is 5.79. The molecule has 1 aromatic carbocycles. The van der Waals surface area contributed by atoms with Crippen molar-refractivity contribution in [1.29, 1.82) is 0 Å². The van der Waals surface area contributed by atoms with Gasteiger partial charge in [-0.3, -0.25) is 9.78 Å². The topological polar surface area (TPSA) is 64.1 Å². The summed E-state index contributed by atoms with van der Waals surface area (Å²) in [6.07, 6.45) is -2.46. The molecule has 5 nitrogen and oxygen atoms in total. The lowest BCUT2D eigenvalue weighted by molar-refractivity contribution is -0.137. The number of nitrogens with one attached hydrogen (secondary N) is 1. The summed E-state index contributed by atoms with van der Waals surface area (Å²) in [6.45, 7) is -0.112. The molecule has 2 heterocycles. The average Bonchev–Trinajstić information content (AvgIpc) is 2.68. The van der Waals surface area contributed by atoms with Crippen molar-refractivity contribution in [3.63, 3.8) is 0 Å². The minimum Gasteiger partial charge on any atom is -0.487 e. The summed E-state index contributed by atoms with van der Waals surface area (Å²) in [6, 6.07) is 10.3. The zero-order valence-electron chi connectivity index (χ0n) is 14.5. The summed E-state index contributed by atoms with van der Waals surface area (Å²) in [5.74, 6) is 0.0671. The number of hydrogen-bond donors (Lipinski definition) is 1. The summed E-state index contributed by atoms with van der Waals surface area (Å²) in [7, 11) is 0. The van der Waals surface area contributed by atoms with Gasteiger partial charge in [-0.05, 0) is 42.5 Å². The van der Waals surface area contributed by atoms with Crippen LogP contribution in [0.3, 0.4) is 0 Å². The lowest BCUT2D eigenvalue weighted by Crippen LogP contribution is -2.12. The van der Waals surface area contributed by atoms with Gasteiger partial charge >= 0.3 is 6.18 Å². The molecule has 1 N–H and O–H groups in total. The summed E-state index contributed by atoms with van der Waals surface area (Å²) >= 11 is 11.5. The number of aromatic nitrogens is 2. The zero-order chi connectivity index (χ0) is 21.0. The number of halogens is 5. The first kappa shape index (κ1) is 20.9. The van der Waals surface area contributed by atoms with Crippen LogP contribution in [0, 0.1) is 0 Å². The molecule has 0 saturated heterocycles. The Morgan fingerprint density at radius 2 is 1.76 bits per heavy atom. The fraction of sp³-hybridized carbons (Fsp3) is 0.105. The van der Waals surface area contributed by atoms with Gasteiger partial charge in [-0.15, -0.1) is 0 Å². The van der Waals surface area contributed by atoms with Gasteiger partial charge in [0, 0.05) is 18.1 Å². The monoisotopic (exact) mass is 441 g/mol. The van der Waals surface area contributed by atoms with Crippen molar-refractivity contribution in [3.8, 4) is 5.75 Å². The van der Waals surface area contributed by atoms with Crippen LogP contribution in [0.5, 0.6) is 5.75 Å².